The molecule has 3 aromatic rings. The van der Waals surface area contributed by atoms with E-state index in [1.54, 1.807) is 4.90 Å². The summed E-state index contributed by atoms with van der Waals surface area (Å²) in [5, 5.41) is 0. The second-order valence-electron chi connectivity index (χ2n) is 6.68. The van der Waals surface area contributed by atoms with Crippen molar-refractivity contribution in [1.29, 1.82) is 0 Å². The van der Waals surface area contributed by atoms with E-state index in [2.05, 4.69) is 15.9 Å². The Bertz CT molecular complexity index is 867. The van der Waals surface area contributed by atoms with Crippen LogP contribution in [0.3, 0.4) is 0 Å². The summed E-state index contributed by atoms with van der Waals surface area (Å²) in [7, 11) is 1.84. The highest BCUT2D eigenvalue weighted by atomic mass is 79.9. The molecule has 132 valence electrons. The zero-order valence-corrected chi connectivity index (χ0v) is 16.8. The fraction of sp³-hybridized carbons (Fsp3) is 0.174. The highest BCUT2D eigenvalue weighted by molar-refractivity contribution is 9.10. The molecule has 1 amide bonds. The van der Waals surface area contributed by atoms with Gasteiger partial charge in [0.25, 0.3) is 0 Å². The Morgan fingerprint density at radius 1 is 0.885 bits per heavy atom. The van der Waals surface area contributed by atoms with Crippen LogP contribution in [0, 0.1) is 6.92 Å². The number of hydrogen-bond acceptors (Lipinski definition) is 1. The number of hydrogen-bond donors (Lipinski definition) is 0. The number of anilines is 1. The third-order valence-electron chi connectivity index (χ3n) is 4.90. The quantitative estimate of drug-likeness (QED) is 0.540. The van der Waals surface area contributed by atoms with E-state index in [1.807, 2.05) is 99.8 Å². The predicted octanol–water partition coefficient (Wildman–Crippen LogP) is 5.73. The number of nitrogens with zero attached hydrogens (tertiary/aromatic N) is 1. The first kappa shape index (κ1) is 18.4. The molecule has 3 aromatic carbocycles. The summed E-state index contributed by atoms with van der Waals surface area (Å²) in [6.45, 7) is 4.03. The van der Waals surface area contributed by atoms with E-state index in [0.717, 1.165) is 26.9 Å². The molecular weight excluding hydrogens is 386 g/mol. The lowest BCUT2D eigenvalue weighted by atomic mass is 9.75. The molecule has 26 heavy (non-hydrogen) atoms. The molecule has 0 aliphatic rings. The van der Waals surface area contributed by atoms with E-state index < -0.39 is 5.41 Å². The van der Waals surface area contributed by atoms with Gasteiger partial charge in [-0.15, -0.1) is 0 Å². The Kier molecular flexibility index (Phi) is 5.28. The van der Waals surface area contributed by atoms with Crippen LogP contribution in [-0.4, -0.2) is 13.0 Å². The predicted molar refractivity (Wildman–Crippen MR) is 112 cm³/mol. The van der Waals surface area contributed by atoms with Crippen molar-refractivity contribution in [2.75, 3.05) is 11.9 Å². The minimum absolute atomic E-state index is 0.0289. The SMILES string of the molecule is Cc1ccc(Br)c(N(C)C(=O)C(C)(c2ccccc2)c2ccccc2)c1. The third kappa shape index (κ3) is 3.32. The van der Waals surface area contributed by atoms with Gasteiger partial charge in [0.15, 0.2) is 0 Å². The molecule has 0 unspecified atom stereocenters. The molecule has 0 aromatic heterocycles. The van der Waals surface area contributed by atoms with Gasteiger partial charge in [-0.05, 0) is 58.6 Å². The van der Waals surface area contributed by atoms with Gasteiger partial charge in [0.1, 0.15) is 0 Å². The third-order valence-corrected chi connectivity index (χ3v) is 5.57. The summed E-state index contributed by atoms with van der Waals surface area (Å²) in [6, 6.07) is 26.0. The molecule has 0 N–H and O–H groups in total. The maximum atomic E-state index is 13.7. The molecule has 0 aliphatic heterocycles. The zero-order chi connectivity index (χ0) is 18.7. The highest BCUT2D eigenvalue weighted by Gasteiger charge is 2.39. The van der Waals surface area contributed by atoms with Gasteiger partial charge in [0.05, 0.1) is 11.1 Å². The Balaban J connectivity index is 2.13. The summed E-state index contributed by atoms with van der Waals surface area (Å²) in [5.74, 6) is 0.0289. The Hall–Kier alpha value is -2.39. The average molecular weight is 408 g/mol. The van der Waals surface area contributed by atoms with Crippen molar-refractivity contribution in [3.05, 3.63) is 100 Å². The first-order valence-corrected chi connectivity index (χ1v) is 9.39. The summed E-state index contributed by atoms with van der Waals surface area (Å²) in [4.78, 5) is 15.5. The Labute approximate surface area is 163 Å². The largest absolute Gasteiger partial charge is 0.313 e. The molecule has 0 saturated carbocycles. The van der Waals surface area contributed by atoms with Crippen LogP contribution >= 0.6 is 15.9 Å². The van der Waals surface area contributed by atoms with Crippen molar-refractivity contribution in [2.45, 2.75) is 19.3 Å². The molecule has 0 heterocycles. The van der Waals surface area contributed by atoms with Gasteiger partial charge in [0.2, 0.25) is 5.91 Å². The number of rotatable bonds is 4. The molecule has 3 rings (SSSR count). The fourth-order valence-corrected chi connectivity index (χ4v) is 3.79. The van der Waals surface area contributed by atoms with E-state index in [4.69, 9.17) is 0 Å². The number of carbonyl (C=O) groups is 1. The number of benzene rings is 3. The van der Waals surface area contributed by atoms with Gasteiger partial charge in [-0.25, -0.2) is 0 Å². The van der Waals surface area contributed by atoms with Gasteiger partial charge in [-0.3, -0.25) is 4.79 Å². The molecule has 0 saturated heterocycles. The second kappa shape index (κ2) is 7.46. The Morgan fingerprint density at radius 2 is 1.38 bits per heavy atom. The molecule has 0 fully saturated rings. The van der Waals surface area contributed by atoms with Crippen LogP contribution < -0.4 is 4.90 Å². The van der Waals surface area contributed by atoms with E-state index in [-0.39, 0.29) is 5.91 Å². The minimum atomic E-state index is -0.777. The molecule has 0 bridgehead atoms. The summed E-state index contributed by atoms with van der Waals surface area (Å²) in [5.41, 5.74) is 3.16. The van der Waals surface area contributed by atoms with Crippen LogP contribution in [0.15, 0.2) is 83.3 Å². The lowest BCUT2D eigenvalue weighted by Gasteiger charge is -2.34. The van der Waals surface area contributed by atoms with Crippen molar-refractivity contribution in [2.24, 2.45) is 0 Å². The first-order chi connectivity index (χ1) is 12.4. The van der Waals surface area contributed by atoms with Gasteiger partial charge in [0, 0.05) is 11.5 Å². The van der Waals surface area contributed by atoms with E-state index in [0.29, 0.717) is 0 Å². The van der Waals surface area contributed by atoms with E-state index >= 15 is 0 Å². The van der Waals surface area contributed by atoms with Crippen molar-refractivity contribution in [1.82, 2.24) is 0 Å². The zero-order valence-electron chi connectivity index (χ0n) is 15.2. The van der Waals surface area contributed by atoms with Gasteiger partial charge in [-0.2, -0.15) is 0 Å². The van der Waals surface area contributed by atoms with Gasteiger partial charge in [-0.1, -0.05) is 66.7 Å². The van der Waals surface area contributed by atoms with Crippen LogP contribution in [0.4, 0.5) is 5.69 Å². The smallest absolute Gasteiger partial charge is 0.241 e. The lowest BCUT2D eigenvalue weighted by molar-refractivity contribution is -0.122. The number of carbonyl (C=O) groups excluding carboxylic acids is 1. The van der Waals surface area contributed by atoms with Crippen LogP contribution in [0.1, 0.15) is 23.6 Å². The standard InChI is InChI=1S/C23H22BrNO/c1-17-14-15-20(24)21(16-17)25(3)22(26)23(2,18-10-6-4-7-11-18)19-12-8-5-9-13-19/h4-16H,1-3H3. The number of aryl methyl sites for hydroxylation is 1. The number of halogens is 1. The summed E-state index contributed by atoms with van der Waals surface area (Å²) >= 11 is 3.58. The van der Waals surface area contributed by atoms with Crippen LogP contribution in [0.5, 0.6) is 0 Å². The van der Waals surface area contributed by atoms with Crippen molar-refractivity contribution in [3.8, 4) is 0 Å². The number of amides is 1. The molecule has 2 nitrogen and oxygen atoms in total. The summed E-state index contributed by atoms with van der Waals surface area (Å²) in [6.07, 6.45) is 0. The topological polar surface area (TPSA) is 20.3 Å². The van der Waals surface area contributed by atoms with Crippen molar-refractivity contribution >= 4 is 27.5 Å². The van der Waals surface area contributed by atoms with E-state index in [9.17, 15) is 4.79 Å². The van der Waals surface area contributed by atoms with Crippen LogP contribution in [-0.2, 0) is 10.2 Å². The maximum Gasteiger partial charge on any atom is 0.241 e. The minimum Gasteiger partial charge on any atom is -0.313 e. The molecule has 0 atom stereocenters. The summed E-state index contributed by atoms with van der Waals surface area (Å²) < 4.78 is 0.905. The van der Waals surface area contributed by atoms with Crippen molar-refractivity contribution in [3.63, 3.8) is 0 Å². The maximum absolute atomic E-state index is 13.7. The molecule has 0 radical (unpaired) electrons. The second-order valence-corrected chi connectivity index (χ2v) is 7.53. The fourth-order valence-electron chi connectivity index (χ4n) is 3.28. The van der Waals surface area contributed by atoms with Gasteiger partial charge < -0.3 is 4.90 Å². The van der Waals surface area contributed by atoms with Crippen LogP contribution in [0.25, 0.3) is 0 Å². The molecule has 3 heteroatoms. The highest BCUT2D eigenvalue weighted by Crippen LogP contribution is 2.36. The molecule has 0 spiro atoms. The normalized spacial score (nSPS) is 11.2. The Morgan fingerprint density at radius 3 is 1.88 bits per heavy atom. The van der Waals surface area contributed by atoms with Crippen molar-refractivity contribution < 1.29 is 4.79 Å². The average Bonchev–Trinajstić information content (AvgIpc) is 2.69. The first-order valence-electron chi connectivity index (χ1n) is 8.60. The van der Waals surface area contributed by atoms with E-state index in [1.165, 1.54) is 0 Å². The van der Waals surface area contributed by atoms with Gasteiger partial charge >= 0.3 is 0 Å². The molecule has 0 aliphatic carbocycles. The van der Waals surface area contributed by atoms with Crippen LogP contribution in [0.2, 0.25) is 0 Å². The molecular formula is C23H22BrNO. The lowest BCUT2D eigenvalue weighted by Crippen LogP contribution is -2.44. The number of likely N-dealkylation sites (N-methyl/N-ethyl adjacent to an activating group) is 1. The monoisotopic (exact) mass is 407 g/mol.